The molecular weight excluding hydrogens is 409 g/mol. The minimum atomic E-state index is -4.72. The van der Waals surface area contributed by atoms with Crippen LogP contribution in [0.5, 0.6) is 11.5 Å². The van der Waals surface area contributed by atoms with Crippen molar-refractivity contribution in [1.82, 2.24) is 10.2 Å². The highest BCUT2D eigenvalue weighted by Gasteiger charge is 2.31. The summed E-state index contributed by atoms with van der Waals surface area (Å²) in [7, 11) is 3.53. The molecule has 1 saturated carbocycles. The van der Waals surface area contributed by atoms with E-state index in [0.29, 0.717) is 18.3 Å². The Kier molecular flexibility index (Phi) is 7.43. The van der Waals surface area contributed by atoms with E-state index in [1.807, 2.05) is 30.1 Å². The number of carbonyl (C=O) groups is 1. The fourth-order valence-electron chi connectivity index (χ4n) is 4.08. The second-order valence-electron chi connectivity index (χ2n) is 7.67. The third-order valence-electron chi connectivity index (χ3n) is 5.76. The number of methoxy groups -OCH3 is 1. The molecule has 0 radical (unpaired) electrons. The van der Waals surface area contributed by atoms with Crippen LogP contribution in [0.2, 0.25) is 0 Å². The number of benzene rings is 2. The molecule has 1 aliphatic rings. The molecule has 168 valence electrons. The first kappa shape index (κ1) is 22.9. The number of carbonyl (C=O) groups excluding carboxylic acids is 1. The first-order valence-corrected chi connectivity index (χ1v) is 10.2. The van der Waals surface area contributed by atoms with Crippen LogP contribution in [0, 0.1) is 0 Å². The number of hydrogen-bond acceptors (Lipinski definition) is 4. The molecule has 1 amide bonds. The van der Waals surface area contributed by atoms with E-state index >= 15 is 0 Å². The lowest BCUT2D eigenvalue weighted by atomic mass is 9.90. The van der Waals surface area contributed by atoms with Crippen molar-refractivity contribution in [2.45, 2.75) is 50.7 Å². The summed E-state index contributed by atoms with van der Waals surface area (Å²) in [5.74, 6) is 0.394. The first-order chi connectivity index (χ1) is 14.8. The second-order valence-corrected chi connectivity index (χ2v) is 7.67. The van der Waals surface area contributed by atoms with Crippen molar-refractivity contribution in [1.29, 1.82) is 0 Å². The Balaban J connectivity index is 1.78. The standard InChI is InChI=1S/C23H27F3N2O3/c1-27-19-6-8-20(9-7-19)28(15-29)14-18-13-17(5-12-22(18)30-2)16-3-10-21(11-4-16)31-23(24,25)26/h3-5,10-13,15,19-20,27H,6-9,14H2,1-2H3/t19-,20-. The molecule has 0 bridgehead atoms. The zero-order chi connectivity index (χ0) is 22.4. The monoisotopic (exact) mass is 436 g/mol. The largest absolute Gasteiger partial charge is 0.573 e. The van der Waals surface area contributed by atoms with Gasteiger partial charge in [-0.15, -0.1) is 13.2 Å². The van der Waals surface area contributed by atoms with E-state index in [1.165, 1.54) is 12.1 Å². The minimum absolute atomic E-state index is 0.175. The molecule has 0 unspecified atom stereocenters. The molecule has 0 atom stereocenters. The summed E-state index contributed by atoms with van der Waals surface area (Å²) < 4.78 is 46.5. The van der Waals surface area contributed by atoms with Crippen LogP contribution in [0.4, 0.5) is 13.2 Å². The smallest absolute Gasteiger partial charge is 0.496 e. The molecule has 1 aliphatic carbocycles. The quantitative estimate of drug-likeness (QED) is 0.607. The third-order valence-corrected chi connectivity index (χ3v) is 5.76. The number of rotatable bonds is 8. The van der Waals surface area contributed by atoms with Gasteiger partial charge in [-0.3, -0.25) is 4.79 Å². The maximum Gasteiger partial charge on any atom is 0.573 e. The minimum Gasteiger partial charge on any atom is -0.496 e. The van der Waals surface area contributed by atoms with Gasteiger partial charge in [0.1, 0.15) is 11.5 Å². The third kappa shape index (κ3) is 6.13. The molecule has 3 rings (SSSR count). The molecule has 0 saturated heterocycles. The van der Waals surface area contributed by atoms with Gasteiger partial charge in [0.05, 0.1) is 7.11 Å². The second kappa shape index (κ2) is 10.0. The van der Waals surface area contributed by atoms with Gasteiger partial charge in [-0.1, -0.05) is 18.2 Å². The van der Waals surface area contributed by atoms with E-state index in [4.69, 9.17) is 4.74 Å². The van der Waals surface area contributed by atoms with Crippen molar-refractivity contribution in [2.24, 2.45) is 0 Å². The van der Waals surface area contributed by atoms with Crippen LogP contribution in [-0.2, 0) is 11.3 Å². The maximum atomic E-state index is 12.4. The summed E-state index contributed by atoms with van der Waals surface area (Å²) >= 11 is 0. The zero-order valence-corrected chi connectivity index (χ0v) is 17.6. The van der Waals surface area contributed by atoms with Gasteiger partial charge in [0, 0.05) is 24.2 Å². The van der Waals surface area contributed by atoms with Crippen molar-refractivity contribution >= 4 is 6.41 Å². The number of nitrogens with zero attached hydrogens (tertiary/aromatic N) is 1. The van der Waals surface area contributed by atoms with Gasteiger partial charge in [0.25, 0.3) is 0 Å². The zero-order valence-electron chi connectivity index (χ0n) is 17.6. The summed E-state index contributed by atoms with van der Waals surface area (Å²) in [5.41, 5.74) is 2.41. The van der Waals surface area contributed by atoms with Crippen LogP contribution in [0.15, 0.2) is 42.5 Å². The van der Waals surface area contributed by atoms with Crippen molar-refractivity contribution in [3.05, 3.63) is 48.0 Å². The summed E-state index contributed by atoms with van der Waals surface area (Å²) in [4.78, 5) is 13.6. The molecule has 0 spiro atoms. The molecule has 0 heterocycles. The van der Waals surface area contributed by atoms with Gasteiger partial charge < -0.3 is 19.7 Å². The van der Waals surface area contributed by atoms with Gasteiger partial charge in [-0.05, 0) is 68.1 Å². The Bertz CT molecular complexity index is 863. The molecular formula is C23H27F3N2O3. The number of ether oxygens (including phenoxy) is 2. The Morgan fingerprint density at radius 3 is 2.26 bits per heavy atom. The first-order valence-electron chi connectivity index (χ1n) is 10.2. The van der Waals surface area contributed by atoms with E-state index in [2.05, 4.69) is 10.1 Å². The molecule has 5 nitrogen and oxygen atoms in total. The van der Waals surface area contributed by atoms with Gasteiger partial charge in [-0.25, -0.2) is 0 Å². The van der Waals surface area contributed by atoms with Crippen LogP contribution in [0.3, 0.4) is 0 Å². The van der Waals surface area contributed by atoms with Crippen LogP contribution in [0.25, 0.3) is 11.1 Å². The van der Waals surface area contributed by atoms with Crippen LogP contribution < -0.4 is 14.8 Å². The predicted octanol–water partition coefficient (Wildman–Crippen LogP) is 4.75. The average molecular weight is 436 g/mol. The highest BCUT2D eigenvalue weighted by atomic mass is 19.4. The van der Waals surface area contributed by atoms with Crippen LogP contribution >= 0.6 is 0 Å². The number of hydrogen-bond donors (Lipinski definition) is 1. The Morgan fingerprint density at radius 1 is 1.06 bits per heavy atom. The van der Waals surface area contributed by atoms with Gasteiger partial charge in [0.15, 0.2) is 0 Å². The SMILES string of the molecule is CN[C@H]1CC[C@H](N(C=O)Cc2cc(-c3ccc(OC(F)(F)F)cc3)ccc2OC)CC1. The molecule has 2 aromatic carbocycles. The van der Waals surface area contributed by atoms with Crippen molar-refractivity contribution in [3.63, 3.8) is 0 Å². The highest BCUT2D eigenvalue weighted by molar-refractivity contribution is 5.66. The lowest BCUT2D eigenvalue weighted by Gasteiger charge is -2.35. The summed E-state index contributed by atoms with van der Waals surface area (Å²) in [6, 6.07) is 11.9. The van der Waals surface area contributed by atoms with Crippen molar-refractivity contribution in [3.8, 4) is 22.6 Å². The maximum absolute atomic E-state index is 12.4. The van der Waals surface area contributed by atoms with E-state index in [9.17, 15) is 18.0 Å². The van der Waals surface area contributed by atoms with E-state index in [-0.39, 0.29) is 11.8 Å². The van der Waals surface area contributed by atoms with Gasteiger partial charge in [0.2, 0.25) is 6.41 Å². The van der Waals surface area contributed by atoms with Crippen molar-refractivity contribution in [2.75, 3.05) is 14.2 Å². The predicted molar refractivity (Wildman–Crippen MR) is 112 cm³/mol. The molecule has 2 aromatic rings. The molecule has 8 heteroatoms. The molecule has 31 heavy (non-hydrogen) atoms. The number of nitrogens with one attached hydrogen (secondary N) is 1. The Hall–Kier alpha value is -2.74. The lowest BCUT2D eigenvalue weighted by molar-refractivity contribution is -0.274. The highest BCUT2D eigenvalue weighted by Crippen LogP contribution is 2.31. The van der Waals surface area contributed by atoms with Gasteiger partial charge in [-0.2, -0.15) is 0 Å². The average Bonchev–Trinajstić information content (AvgIpc) is 2.77. The summed E-state index contributed by atoms with van der Waals surface area (Å²) in [5, 5.41) is 3.29. The normalized spacial score (nSPS) is 19.0. The number of amides is 1. The number of alkyl halides is 3. The molecule has 1 N–H and O–H groups in total. The summed E-state index contributed by atoms with van der Waals surface area (Å²) in [6.07, 6.45) is 0.0864. The molecule has 0 aromatic heterocycles. The topological polar surface area (TPSA) is 50.8 Å². The van der Waals surface area contributed by atoms with E-state index < -0.39 is 6.36 Å². The van der Waals surface area contributed by atoms with Gasteiger partial charge >= 0.3 is 6.36 Å². The lowest BCUT2D eigenvalue weighted by Crippen LogP contribution is -2.40. The fraction of sp³-hybridized carbons (Fsp3) is 0.435. The molecule has 1 fully saturated rings. The van der Waals surface area contributed by atoms with Crippen LogP contribution in [0.1, 0.15) is 31.2 Å². The Labute approximate surface area is 180 Å². The number of halogens is 3. The van der Waals surface area contributed by atoms with Crippen LogP contribution in [-0.4, -0.2) is 43.9 Å². The molecule has 0 aliphatic heterocycles. The van der Waals surface area contributed by atoms with E-state index in [0.717, 1.165) is 48.8 Å². The Morgan fingerprint density at radius 2 is 1.71 bits per heavy atom. The fourth-order valence-corrected chi connectivity index (χ4v) is 4.08. The summed E-state index contributed by atoms with van der Waals surface area (Å²) in [6.45, 7) is 0.407. The van der Waals surface area contributed by atoms with Crippen molar-refractivity contribution < 1.29 is 27.4 Å². The van der Waals surface area contributed by atoms with E-state index in [1.54, 1.807) is 19.2 Å².